The Morgan fingerprint density at radius 2 is 2.14 bits per heavy atom. The highest BCUT2D eigenvalue weighted by Gasteiger charge is 2.29. The molecule has 0 spiro atoms. The van der Waals surface area contributed by atoms with E-state index in [-0.39, 0.29) is 11.0 Å². The van der Waals surface area contributed by atoms with E-state index in [2.05, 4.69) is 14.8 Å². The molecule has 116 valence electrons. The van der Waals surface area contributed by atoms with Crippen molar-refractivity contribution in [2.75, 3.05) is 7.11 Å². The molecule has 1 saturated carbocycles. The van der Waals surface area contributed by atoms with E-state index in [0.29, 0.717) is 11.6 Å². The topological polar surface area (TPSA) is 57.0 Å². The van der Waals surface area contributed by atoms with Crippen LogP contribution in [0.2, 0.25) is 0 Å². The van der Waals surface area contributed by atoms with Gasteiger partial charge in [-0.05, 0) is 43.5 Å². The molecule has 1 aromatic carbocycles. The Balaban J connectivity index is 1.74. The first kappa shape index (κ1) is 15.1. The number of hydrogen-bond donors (Lipinski definition) is 0. The first-order valence-corrected chi connectivity index (χ1v) is 8.35. The Labute approximate surface area is 134 Å². The standard InChI is InChI=1S/C16H19N3O2S/c1-3-14(15(20)11-4-8-13(21-2)9-5-11)22-16-18-17-10-19(16)12-6-7-12/h4-5,8-10,12,14H,3,6-7H2,1-2H3/t14-/m1/s1. The number of rotatable bonds is 7. The maximum Gasteiger partial charge on any atom is 0.191 e. The predicted molar refractivity (Wildman–Crippen MR) is 85.6 cm³/mol. The second kappa shape index (κ2) is 6.52. The monoisotopic (exact) mass is 317 g/mol. The van der Waals surface area contributed by atoms with Gasteiger partial charge in [0.05, 0.1) is 12.4 Å². The van der Waals surface area contributed by atoms with E-state index in [1.54, 1.807) is 13.4 Å². The average Bonchev–Trinajstić information content (AvgIpc) is 3.31. The minimum atomic E-state index is -0.143. The number of nitrogens with zero attached hydrogens (tertiary/aromatic N) is 3. The molecular weight excluding hydrogens is 298 g/mol. The van der Waals surface area contributed by atoms with E-state index < -0.39 is 0 Å². The quantitative estimate of drug-likeness (QED) is 0.579. The summed E-state index contributed by atoms with van der Waals surface area (Å²) in [5.74, 6) is 0.881. The summed E-state index contributed by atoms with van der Waals surface area (Å²) < 4.78 is 7.22. The van der Waals surface area contributed by atoms with Crippen molar-refractivity contribution in [3.05, 3.63) is 36.2 Å². The summed E-state index contributed by atoms with van der Waals surface area (Å²) in [7, 11) is 1.62. The third kappa shape index (κ3) is 3.16. The second-order valence-electron chi connectivity index (χ2n) is 5.36. The van der Waals surface area contributed by atoms with Crippen molar-refractivity contribution in [3.8, 4) is 5.75 Å². The lowest BCUT2D eigenvalue weighted by molar-refractivity contribution is 0.0988. The van der Waals surface area contributed by atoms with Crippen LogP contribution < -0.4 is 4.74 Å². The van der Waals surface area contributed by atoms with Crippen LogP contribution in [0.3, 0.4) is 0 Å². The molecule has 5 nitrogen and oxygen atoms in total. The van der Waals surface area contributed by atoms with Gasteiger partial charge in [-0.15, -0.1) is 10.2 Å². The zero-order chi connectivity index (χ0) is 15.5. The van der Waals surface area contributed by atoms with Gasteiger partial charge in [0.25, 0.3) is 0 Å². The van der Waals surface area contributed by atoms with Gasteiger partial charge in [-0.3, -0.25) is 4.79 Å². The van der Waals surface area contributed by atoms with Gasteiger partial charge in [-0.1, -0.05) is 18.7 Å². The van der Waals surface area contributed by atoms with Crippen LogP contribution in [0.5, 0.6) is 5.75 Å². The van der Waals surface area contributed by atoms with Gasteiger partial charge in [0.15, 0.2) is 10.9 Å². The summed E-state index contributed by atoms with van der Waals surface area (Å²) in [6.45, 7) is 2.02. The van der Waals surface area contributed by atoms with E-state index in [4.69, 9.17) is 4.74 Å². The SMILES string of the molecule is CC[C@@H](Sc1nncn1C1CC1)C(=O)c1ccc(OC)cc1. The Hall–Kier alpha value is -1.82. The Kier molecular flexibility index (Phi) is 4.47. The summed E-state index contributed by atoms with van der Waals surface area (Å²) in [6.07, 6.45) is 4.88. The van der Waals surface area contributed by atoms with Crippen molar-refractivity contribution in [2.24, 2.45) is 0 Å². The van der Waals surface area contributed by atoms with Crippen LogP contribution in [-0.4, -0.2) is 32.9 Å². The lowest BCUT2D eigenvalue weighted by Crippen LogP contribution is -2.17. The third-order valence-electron chi connectivity index (χ3n) is 3.77. The summed E-state index contributed by atoms with van der Waals surface area (Å²) in [5.41, 5.74) is 0.706. The van der Waals surface area contributed by atoms with Crippen molar-refractivity contribution in [2.45, 2.75) is 42.6 Å². The number of carbonyl (C=O) groups excluding carboxylic acids is 1. The van der Waals surface area contributed by atoms with Crippen LogP contribution in [0.15, 0.2) is 35.7 Å². The first-order chi connectivity index (χ1) is 10.7. The molecule has 22 heavy (non-hydrogen) atoms. The van der Waals surface area contributed by atoms with Crippen LogP contribution in [0.1, 0.15) is 42.6 Å². The van der Waals surface area contributed by atoms with E-state index in [0.717, 1.165) is 17.3 Å². The molecule has 0 bridgehead atoms. The van der Waals surface area contributed by atoms with Gasteiger partial charge in [0, 0.05) is 11.6 Å². The number of carbonyl (C=O) groups is 1. The van der Waals surface area contributed by atoms with Gasteiger partial charge in [-0.25, -0.2) is 0 Å². The summed E-state index contributed by atoms with van der Waals surface area (Å²) in [5, 5.41) is 8.86. The molecule has 1 atom stereocenters. The molecule has 0 aliphatic heterocycles. The second-order valence-corrected chi connectivity index (χ2v) is 6.53. The van der Waals surface area contributed by atoms with Crippen molar-refractivity contribution in [1.29, 1.82) is 0 Å². The smallest absolute Gasteiger partial charge is 0.191 e. The average molecular weight is 317 g/mol. The van der Waals surface area contributed by atoms with E-state index >= 15 is 0 Å². The summed E-state index contributed by atoms with van der Waals surface area (Å²) in [6, 6.07) is 7.78. The summed E-state index contributed by atoms with van der Waals surface area (Å²) in [4.78, 5) is 12.7. The highest BCUT2D eigenvalue weighted by molar-refractivity contribution is 8.00. The number of ether oxygens (including phenoxy) is 1. The lowest BCUT2D eigenvalue weighted by atomic mass is 10.1. The van der Waals surface area contributed by atoms with Gasteiger partial charge < -0.3 is 9.30 Å². The molecule has 0 saturated heterocycles. The minimum Gasteiger partial charge on any atom is -0.497 e. The molecule has 1 heterocycles. The number of ketones is 1. The van der Waals surface area contributed by atoms with Crippen molar-refractivity contribution in [3.63, 3.8) is 0 Å². The molecule has 1 fully saturated rings. The van der Waals surface area contributed by atoms with Crippen LogP contribution in [0.4, 0.5) is 0 Å². The lowest BCUT2D eigenvalue weighted by Gasteiger charge is -2.13. The number of thioether (sulfide) groups is 1. The maximum atomic E-state index is 12.7. The van der Waals surface area contributed by atoms with E-state index in [9.17, 15) is 4.79 Å². The molecule has 6 heteroatoms. The molecule has 0 unspecified atom stereocenters. The molecule has 1 aliphatic rings. The zero-order valence-corrected chi connectivity index (χ0v) is 13.5. The van der Waals surface area contributed by atoms with Crippen LogP contribution in [-0.2, 0) is 0 Å². The Morgan fingerprint density at radius 3 is 2.73 bits per heavy atom. The first-order valence-electron chi connectivity index (χ1n) is 7.47. The Bertz CT molecular complexity index is 650. The molecule has 3 rings (SSSR count). The normalized spacial score (nSPS) is 15.5. The van der Waals surface area contributed by atoms with Gasteiger partial charge in [-0.2, -0.15) is 0 Å². The highest BCUT2D eigenvalue weighted by Crippen LogP contribution is 2.38. The van der Waals surface area contributed by atoms with Crippen molar-refractivity contribution >= 4 is 17.5 Å². The largest absolute Gasteiger partial charge is 0.497 e. The third-order valence-corrected chi connectivity index (χ3v) is 5.10. The molecule has 2 aromatic rings. The molecule has 1 aromatic heterocycles. The number of Topliss-reactive ketones (excluding diaryl/α,β-unsaturated/α-hetero) is 1. The van der Waals surface area contributed by atoms with Crippen LogP contribution in [0, 0.1) is 0 Å². The highest BCUT2D eigenvalue weighted by atomic mass is 32.2. The van der Waals surface area contributed by atoms with Crippen molar-refractivity contribution < 1.29 is 9.53 Å². The minimum absolute atomic E-state index is 0.125. The van der Waals surface area contributed by atoms with E-state index in [1.165, 1.54) is 24.6 Å². The van der Waals surface area contributed by atoms with Gasteiger partial charge >= 0.3 is 0 Å². The van der Waals surface area contributed by atoms with Gasteiger partial charge in [0.2, 0.25) is 0 Å². The van der Waals surface area contributed by atoms with Crippen LogP contribution >= 0.6 is 11.8 Å². The van der Waals surface area contributed by atoms with Gasteiger partial charge in [0.1, 0.15) is 12.1 Å². The Morgan fingerprint density at radius 1 is 1.41 bits per heavy atom. The van der Waals surface area contributed by atoms with E-state index in [1.807, 2.05) is 31.2 Å². The fourth-order valence-corrected chi connectivity index (χ4v) is 3.39. The number of hydrogen-bond acceptors (Lipinski definition) is 5. The predicted octanol–water partition coefficient (Wildman–Crippen LogP) is 3.38. The summed E-state index contributed by atoms with van der Waals surface area (Å²) >= 11 is 1.51. The molecule has 0 N–H and O–H groups in total. The van der Waals surface area contributed by atoms with Crippen molar-refractivity contribution in [1.82, 2.24) is 14.8 Å². The number of methoxy groups -OCH3 is 1. The molecular formula is C16H19N3O2S. The zero-order valence-electron chi connectivity index (χ0n) is 12.7. The number of benzene rings is 1. The molecule has 1 aliphatic carbocycles. The van der Waals surface area contributed by atoms with Crippen LogP contribution in [0.25, 0.3) is 0 Å². The molecule has 0 radical (unpaired) electrons. The maximum absolute atomic E-state index is 12.7. The fraction of sp³-hybridized carbons (Fsp3) is 0.438. The molecule has 0 amide bonds. The number of aromatic nitrogens is 3. The fourth-order valence-electron chi connectivity index (χ4n) is 2.31.